The summed E-state index contributed by atoms with van der Waals surface area (Å²) in [6.45, 7) is 2.66. The molecule has 2 aromatic carbocycles. The molecule has 1 atom stereocenters. The third-order valence-corrected chi connectivity index (χ3v) is 5.19. The van der Waals surface area contributed by atoms with Crippen molar-refractivity contribution in [3.63, 3.8) is 0 Å². The van der Waals surface area contributed by atoms with Gasteiger partial charge in [0.15, 0.2) is 5.96 Å². The fraction of sp³-hybridized carbons (Fsp3) is 0.391. The van der Waals surface area contributed by atoms with Gasteiger partial charge in [-0.25, -0.2) is 4.39 Å². The number of likely N-dealkylation sites (tertiary alicyclic amines) is 1. The predicted octanol–water partition coefficient (Wildman–Crippen LogP) is 3.69. The van der Waals surface area contributed by atoms with Crippen molar-refractivity contribution >= 4 is 35.8 Å². The number of rotatable bonds is 7. The van der Waals surface area contributed by atoms with Crippen LogP contribution < -0.4 is 15.8 Å². The molecule has 31 heavy (non-hydrogen) atoms. The number of guanidine groups is 1. The van der Waals surface area contributed by atoms with Crippen LogP contribution in [-0.2, 0) is 17.9 Å². The van der Waals surface area contributed by atoms with Gasteiger partial charge < -0.3 is 20.7 Å². The van der Waals surface area contributed by atoms with Crippen molar-refractivity contribution in [2.75, 3.05) is 20.1 Å². The Bertz CT molecular complexity index is 876. The van der Waals surface area contributed by atoms with Gasteiger partial charge in [0.05, 0.1) is 0 Å². The first-order chi connectivity index (χ1) is 14.5. The summed E-state index contributed by atoms with van der Waals surface area (Å²) in [5.74, 6) is 1.34. The highest BCUT2D eigenvalue weighted by Gasteiger charge is 2.23. The molecule has 8 heteroatoms. The topological polar surface area (TPSA) is 80.0 Å². The molecule has 1 aliphatic heterocycles. The summed E-state index contributed by atoms with van der Waals surface area (Å²) in [6, 6.07) is 14.2. The molecule has 1 amide bonds. The highest BCUT2D eigenvalue weighted by atomic mass is 127. The van der Waals surface area contributed by atoms with Crippen LogP contribution in [0.4, 0.5) is 4.39 Å². The van der Waals surface area contributed by atoms with Crippen LogP contribution in [0.5, 0.6) is 5.75 Å². The monoisotopic (exact) mass is 540 g/mol. The maximum absolute atomic E-state index is 13.2. The normalized spacial score (nSPS) is 16.4. The molecule has 3 N–H and O–H groups in total. The van der Waals surface area contributed by atoms with E-state index in [2.05, 4.69) is 15.2 Å². The molecular weight excluding hydrogens is 510 g/mol. The molecule has 0 radical (unpaired) electrons. The van der Waals surface area contributed by atoms with Crippen LogP contribution in [0.25, 0.3) is 0 Å². The zero-order chi connectivity index (χ0) is 21.3. The average molecular weight is 540 g/mol. The van der Waals surface area contributed by atoms with Crippen molar-refractivity contribution in [1.29, 1.82) is 0 Å². The van der Waals surface area contributed by atoms with Gasteiger partial charge in [-0.05, 0) is 54.2 Å². The largest absolute Gasteiger partial charge is 0.489 e. The number of ether oxygens (including phenoxy) is 1. The number of carbonyl (C=O) groups excluding carboxylic acids is 1. The maximum atomic E-state index is 13.2. The Hall–Kier alpha value is -2.36. The quantitative estimate of drug-likeness (QED) is 0.319. The molecule has 6 nitrogen and oxygen atoms in total. The number of carbonyl (C=O) groups is 1. The van der Waals surface area contributed by atoms with E-state index in [9.17, 15) is 9.18 Å². The first-order valence-corrected chi connectivity index (χ1v) is 10.2. The number of benzene rings is 2. The Morgan fingerprint density at radius 3 is 2.71 bits per heavy atom. The molecule has 0 aromatic heterocycles. The highest BCUT2D eigenvalue weighted by molar-refractivity contribution is 14.0. The van der Waals surface area contributed by atoms with E-state index in [0.29, 0.717) is 19.6 Å². The van der Waals surface area contributed by atoms with Crippen LogP contribution in [0.15, 0.2) is 53.5 Å². The number of hydrogen-bond donors (Lipinski definition) is 2. The second kappa shape index (κ2) is 12.5. The number of hydrogen-bond acceptors (Lipinski definition) is 3. The van der Waals surface area contributed by atoms with Gasteiger partial charge in [-0.1, -0.05) is 24.3 Å². The van der Waals surface area contributed by atoms with E-state index in [1.807, 2.05) is 30.3 Å². The van der Waals surface area contributed by atoms with Gasteiger partial charge in [0.1, 0.15) is 18.2 Å². The zero-order valence-corrected chi connectivity index (χ0v) is 20.1. The molecule has 1 unspecified atom stereocenters. The van der Waals surface area contributed by atoms with E-state index < -0.39 is 0 Å². The standard InChI is InChI=1S/C23H29FN4O2.HI/c1-26-23(28-11-3-5-18(15-28)13-22(25)29)27-14-17-7-9-21(10-8-17)30-16-19-4-2-6-20(24)12-19;/h2,4,6-10,12,18H,3,5,11,13-16H2,1H3,(H2,25,29)(H,26,27);1H. The van der Waals surface area contributed by atoms with E-state index in [-0.39, 0.29) is 41.6 Å². The Balaban J connectivity index is 0.00000341. The number of aliphatic imine (C=N–C) groups is 1. The minimum Gasteiger partial charge on any atom is -0.489 e. The van der Waals surface area contributed by atoms with Gasteiger partial charge in [-0.3, -0.25) is 9.79 Å². The van der Waals surface area contributed by atoms with Crippen molar-refractivity contribution in [2.24, 2.45) is 16.6 Å². The molecule has 0 saturated carbocycles. The molecule has 3 rings (SSSR count). The minimum absolute atomic E-state index is 0. The Kier molecular flexibility index (Phi) is 10.0. The number of nitrogens with zero attached hydrogens (tertiary/aromatic N) is 2. The summed E-state index contributed by atoms with van der Waals surface area (Å²) in [5, 5.41) is 3.39. The van der Waals surface area contributed by atoms with Crippen molar-refractivity contribution in [1.82, 2.24) is 10.2 Å². The summed E-state index contributed by atoms with van der Waals surface area (Å²) in [7, 11) is 1.77. The number of nitrogens with two attached hydrogens (primary N) is 1. The molecule has 0 spiro atoms. The van der Waals surface area contributed by atoms with Crippen molar-refractivity contribution in [3.05, 3.63) is 65.5 Å². The Morgan fingerprint density at radius 1 is 1.26 bits per heavy atom. The molecule has 1 fully saturated rings. The molecule has 0 bridgehead atoms. The molecule has 1 heterocycles. The van der Waals surface area contributed by atoms with Gasteiger partial charge in [-0.2, -0.15) is 0 Å². The minimum atomic E-state index is -0.263. The zero-order valence-electron chi connectivity index (χ0n) is 17.7. The van der Waals surface area contributed by atoms with Crippen LogP contribution in [0, 0.1) is 11.7 Å². The van der Waals surface area contributed by atoms with Crippen LogP contribution in [-0.4, -0.2) is 36.9 Å². The van der Waals surface area contributed by atoms with Gasteiger partial charge in [0, 0.05) is 33.1 Å². The second-order valence-corrected chi connectivity index (χ2v) is 7.59. The fourth-order valence-corrected chi connectivity index (χ4v) is 3.72. The van der Waals surface area contributed by atoms with E-state index in [1.54, 1.807) is 13.1 Å². The second-order valence-electron chi connectivity index (χ2n) is 7.59. The van der Waals surface area contributed by atoms with Gasteiger partial charge in [-0.15, -0.1) is 24.0 Å². The van der Waals surface area contributed by atoms with Crippen LogP contribution in [0.2, 0.25) is 0 Å². The van der Waals surface area contributed by atoms with Crippen LogP contribution in [0.3, 0.4) is 0 Å². The summed E-state index contributed by atoms with van der Waals surface area (Å²) in [6.07, 6.45) is 2.47. The van der Waals surface area contributed by atoms with Crippen LogP contribution in [0.1, 0.15) is 30.4 Å². The Morgan fingerprint density at radius 2 is 2.03 bits per heavy atom. The molecule has 1 aliphatic rings. The Labute approximate surface area is 200 Å². The van der Waals surface area contributed by atoms with Gasteiger partial charge >= 0.3 is 0 Å². The molecule has 1 saturated heterocycles. The van der Waals surface area contributed by atoms with E-state index in [4.69, 9.17) is 10.5 Å². The average Bonchev–Trinajstić information content (AvgIpc) is 2.73. The molecule has 2 aromatic rings. The van der Waals surface area contributed by atoms with Gasteiger partial charge in [0.2, 0.25) is 5.91 Å². The third kappa shape index (κ3) is 8.01. The third-order valence-electron chi connectivity index (χ3n) is 5.19. The SMILES string of the molecule is CN=C(NCc1ccc(OCc2cccc(F)c2)cc1)N1CCCC(CC(N)=O)C1.I. The van der Waals surface area contributed by atoms with Crippen molar-refractivity contribution in [2.45, 2.75) is 32.4 Å². The lowest BCUT2D eigenvalue weighted by Crippen LogP contribution is -2.46. The summed E-state index contributed by atoms with van der Waals surface area (Å²) >= 11 is 0. The summed E-state index contributed by atoms with van der Waals surface area (Å²) in [5.41, 5.74) is 7.24. The van der Waals surface area contributed by atoms with E-state index in [1.165, 1.54) is 12.1 Å². The predicted molar refractivity (Wildman–Crippen MR) is 131 cm³/mol. The van der Waals surface area contributed by atoms with Crippen LogP contribution >= 0.6 is 24.0 Å². The fourth-order valence-electron chi connectivity index (χ4n) is 3.72. The smallest absolute Gasteiger partial charge is 0.217 e. The number of primary amides is 1. The van der Waals surface area contributed by atoms with E-state index >= 15 is 0 Å². The molecule has 168 valence electrons. The summed E-state index contributed by atoms with van der Waals surface area (Å²) in [4.78, 5) is 17.8. The number of amides is 1. The first-order valence-electron chi connectivity index (χ1n) is 10.2. The van der Waals surface area contributed by atoms with Crippen molar-refractivity contribution in [3.8, 4) is 5.75 Å². The lowest BCUT2D eigenvalue weighted by Gasteiger charge is -2.34. The van der Waals surface area contributed by atoms with Gasteiger partial charge in [0.25, 0.3) is 0 Å². The first kappa shape index (κ1) is 24.9. The highest BCUT2D eigenvalue weighted by Crippen LogP contribution is 2.20. The lowest BCUT2D eigenvalue weighted by molar-refractivity contribution is -0.119. The number of nitrogens with one attached hydrogen (secondary N) is 1. The summed E-state index contributed by atoms with van der Waals surface area (Å²) < 4.78 is 19.0. The molecule has 0 aliphatic carbocycles. The van der Waals surface area contributed by atoms with Crippen molar-refractivity contribution < 1.29 is 13.9 Å². The number of halogens is 2. The molecular formula is C23H30FIN4O2. The number of piperidine rings is 1. The van der Waals surface area contributed by atoms with E-state index in [0.717, 1.165) is 48.8 Å². The lowest BCUT2D eigenvalue weighted by atomic mass is 9.95. The maximum Gasteiger partial charge on any atom is 0.217 e.